The number of rotatable bonds is 4. The molecular formula is C15H20O4S2. The fourth-order valence-electron chi connectivity index (χ4n) is 3.02. The van der Waals surface area contributed by atoms with Crippen LogP contribution in [0.15, 0.2) is 11.6 Å². The average molecular weight is 328 g/mol. The summed E-state index contributed by atoms with van der Waals surface area (Å²) in [6, 6.07) is 0. The lowest BCUT2D eigenvalue weighted by atomic mass is 9.74. The van der Waals surface area contributed by atoms with E-state index in [4.69, 9.17) is 0 Å². The minimum Gasteiger partial charge on any atom is -0.298 e. The number of allylic oxidation sites excluding steroid dienone is 1. The van der Waals surface area contributed by atoms with Crippen LogP contribution in [0, 0.1) is 11.8 Å². The summed E-state index contributed by atoms with van der Waals surface area (Å²) in [5.74, 6) is -0.183. The largest absolute Gasteiger partial charge is 0.298 e. The molecule has 1 heterocycles. The monoisotopic (exact) mass is 328 g/mol. The molecule has 0 bridgehead atoms. The van der Waals surface area contributed by atoms with Gasteiger partial charge in [-0.3, -0.25) is 14.4 Å². The second-order valence-corrected chi connectivity index (χ2v) is 9.15. The van der Waals surface area contributed by atoms with E-state index < -0.39 is 5.92 Å². The van der Waals surface area contributed by atoms with Gasteiger partial charge in [-0.05, 0) is 18.8 Å². The summed E-state index contributed by atoms with van der Waals surface area (Å²) in [6.07, 6.45) is 4.44. The van der Waals surface area contributed by atoms with E-state index in [0.717, 1.165) is 17.7 Å². The lowest BCUT2D eigenvalue weighted by Gasteiger charge is -2.29. The Kier molecular flexibility index (Phi) is 5.81. The van der Waals surface area contributed by atoms with Crippen LogP contribution in [0.1, 0.15) is 39.0 Å². The van der Waals surface area contributed by atoms with Crippen molar-refractivity contribution >= 4 is 37.0 Å². The maximum absolute atomic E-state index is 12.2. The molecule has 1 unspecified atom stereocenters. The molecular weight excluding hydrogens is 308 g/mol. The van der Waals surface area contributed by atoms with E-state index in [2.05, 4.69) is 6.08 Å². The van der Waals surface area contributed by atoms with Crippen molar-refractivity contribution < 1.29 is 18.6 Å². The van der Waals surface area contributed by atoms with Crippen LogP contribution < -0.4 is 0 Å². The first-order chi connectivity index (χ1) is 10.1. The SMILES string of the molecule is CCCC(=O)C1C(=O)CC(C2=CCCS(=S=O)C2)CC1=O. The standard InChI is InChI=1S/C15H20O4S2/c1-2-4-12(16)15-13(17)7-11(8-14(15)18)10-5-3-6-21(9-10)20-19/h5,11,15H,2-4,6-9H2,1H3. The molecule has 0 saturated heterocycles. The van der Waals surface area contributed by atoms with E-state index in [1.165, 1.54) is 0 Å². The molecule has 0 radical (unpaired) electrons. The van der Waals surface area contributed by atoms with Crippen LogP contribution in [-0.2, 0) is 34.1 Å². The number of hydrogen-bond donors (Lipinski definition) is 0. The van der Waals surface area contributed by atoms with Gasteiger partial charge < -0.3 is 0 Å². The lowest BCUT2D eigenvalue weighted by Crippen LogP contribution is -2.39. The molecule has 0 aromatic heterocycles. The molecule has 0 aromatic rings. The Morgan fingerprint density at radius 2 is 2.00 bits per heavy atom. The molecule has 4 nitrogen and oxygen atoms in total. The molecule has 1 aliphatic heterocycles. The van der Waals surface area contributed by atoms with E-state index in [0.29, 0.717) is 28.8 Å². The van der Waals surface area contributed by atoms with Gasteiger partial charge in [0.05, 0.1) is 0 Å². The van der Waals surface area contributed by atoms with Gasteiger partial charge in [0.15, 0.2) is 17.3 Å². The molecule has 6 heteroatoms. The summed E-state index contributed by atoms with van der Waals surface area (Å²) in [5.41, 5.74) is 1.08. The molecule has 0 aromatic carbocycles. The predicted molar refractivity (Wildman–Crippen MR) is 84.1 cm³/mol. The summed E-state index contributed by atoms with van der Waals surface area (Å²) in [6.45, 7) is 1.87. The minimum absolute atomic E-state index is 0.0851. The molecule has 1 atom stereocenters. The van der Waals surface area contributed by atoms with Crippen molar-refractivity contribution in [2.75, 3.05) is 11.5 Å². The Morgan fingerprint density at radius 1 is 1.33 bits per heavy atom. The van der Waals surface area contributed by atoms with Crippen molar-refractivity contribution in [2.24, 2.45) is 11.8 Å². The maximum atomic E-state index is 12.2. The van der Waals surface area contributed by atoms with E-state index in [9.17, 15) is 18.6 Å². The number of hydrogen-bond acceptors (Lipinski definition) is 4. The predicted octanol–water partition coefficient (Wildman–Crippen LogP) is 1.60. The molecule has 21 heavy (non-hydrogen) atoms. The molecule has 1 aliphatic carbocycles. The average Bonchev–Trinajstić information content (AvgIpc) is 2.47. The number of carbonyl (C=O) groups excluding carboxylic acids is 3. The highest BCUT2D eigenvalue weighted by molar-refractivity contribution is 8.31. The van der Waals surface area contributed by atoms with E-state index in [1.807, 2.05) is 6.92 Å². The summed E-state index contributed by atoms with van der Waals surface area (Å²) in [4.78, 5) is 36.3. The van der Waals surface area contributed by atoms with Crippen LogP contribution >= 0.6 is 0 Å². The second kappa shape index (κ2) is 7.40. The zero-order chi connectivity index (χ0) is 15.4. The van der Waals surface area contributed by atoms with E-state index in [1.54, 1.807) is 0 Å². The van der Waals surface area contributed by atoms with Gasteiger partial charge in [-0.1, -0.05) is 28.0 Å². The van der Waals surface area contributed by atoms with Crippen molar-refractivity contribution in [1.29, 1.82) is 0 Å². The second-order valence-electron chi connectivity index (χ2n) is 5.61. The van der Waals surface area contributed by atoms with E-state index >= 15 is 0 Å². The fourth-order valence-corrected chi connectivity index (χ4v) is 5.43. The van der Waals surface area contributed by atoms with E-state index in [-0.39, 0.29) is 45.6 Å². The first-order valence-corrected chi connectivity index (χ1v) is 10.1. The number of ketones is 3. The fraction of sp³-hybridized carbons (Fsp3) is 0.667. The number of Topliss-reactive ketones (excluding diaryl/α,β-unsaturated/α-hetero) is 3. The molecule has 0 amide bonds. The van der Waals surface area contributed by atoms with Crippen molar-refractivity contribution in [3.63, 3.8) is 0 Å². The van der Waals surface area contributed by atoms with Gasteiger partial charge in [-0.2, -0.15) is 0 Å². The molecule has 116 valence electrons. The third-order valence-electron chi connectivity index (χ3n) is 4.06. The Labute approximate surface area is 130 Å². The van der Waals surface area contributed by atoms with Crippen molar-refractivity contribution in [3.05, 3.63) is 11.6 Å². The van der Waals surface area contributed by atoms with Gasteiger partial charge in [0, 0.05) is 30.8 Å². The summed E-state index contributed by atoms with van der Waals surface area (Å²) >= 11 is 0. The molecule has 1 saturated carbocycles. The van der Waals surface area contributed by atoms with Crippen molar-refractivity contribution in [1.82, 2.24) is 0 Å². The molecule has 0 spiro atoms. The molecule has 2 aliphatic rings. The smallest absolute Gasteiger partial charge is 0.151 e. The van der Waals surface area contributed by atoms with Crippen LogP contribution in [-0.4, -0.2) is 33.1 Å². The number of carbonyl (C=O) groups is 3. The van der Waals surface area contributed by atoms with Gasteiger partial charge in [0.25, 0.3) is 0 Å². The summed E-state index contributed by atoms with van der Waals surface area (Å²) in [5, 5.41) is 0. The van der Waals surface area contributed by atoms with Crippen LogP contribution in [0.2, 0.25) is 0 Å². The summed E-state index contributed by atoms with van der Waals surface area (Å²) < 4.78 is 11.0. The van der Waals surface area contributed by atoms with Gasteiger partial charge in [-0.15, -0.1) is 0 Å². The molecule has 0 N–H and O–H groups in total. The maximum Gasteiger partial charge on any atom is 0.151 e. The Hall–Kier alpha value is -0.880. The highest BCUT2D eigenvalue weighted by atomic mass is 32.8. The van der Waals surface area contributed by atoms with Crippen molar-refractivity contribution in [2.45, 2.75) is 39.0 Å². The normalized spacial score (nSPS) is 30.0. The third-order valence-corrected chi connectivity index (χ3v) is 7.03. The lowest BCUT2D eigenvalue weighted by molar-refractivity contribution is -0.143. The quantitative estimate of drug-likeness (QED) is 0.581. The van der Waals surface area contributed by atoms with Crippen LogP contribution in [0.3, 0.4) is 0 Å². The Balaban J connectivity index is 2.10. The zero-order valence-electron chi connectivity index (χ0n) is 12.1. The minimum atomic E-state index is -1.02. The highest BCUT2D eigenvalue weighted by Gasteiger charge is 2.40. The summed E-state index contributed by atoms with van der Waals surface area (Å²) in [7, 11) is 0.417. The Morgan fingerprint density at radius 3 is 2.57 bits per heavy atom. The van der Waals surface area contributed by atoms with Crippen LogP contribution in [0.25, 0.3) is 0 Å². The van der Waals surface area contributed by atoms with Crippen molar-refractivity contribution in [3.8, 4) is 0 Å². The van der Waals surface area contributed by atoms with Crippen LogP contribution in [0.5, 0.6) is 0 Å². The first kappa shape index (κ1) is 16.5. The molecule has 1 fully saturated rings. The third kappa shape index (κ3) is 3.86. The van der Waals surface area contributed by atoms with Gasteiger partial charge in [0.2, 0.25) is 0 Å². The van der Waals surface area contributed by atoms with Gasteiger partial charge >= 0.3 is 0 Å². The topological polar surface area (TPSA) is 68.3 Å². The van der Waals surface area contributed by atoms with Gasteiger partial charge in [-0.25, -0.2) is 4.21 Å². The van der Waals surface area contributed by atoms with Gasteiger partial charge in [0.1, 0.15) is 16.1 Å². The highest BCUT2D eigenvalue weighted by Crippen LogP contribution is 2.32. The Bertz CT molecular complexity index is 540. The van der Waals surface area contributed by atoms with Crippen LogP contribution in [0.4, 0.5) is 0 Å². The zero-order valence-corrected chi connectivity index (χ0v) is 13.8. The first-order valence-electron chi connectivity index (χ1n) is 7.31. The molecule has 2 rings (SSSR count).